The van der Waals surface area contributed by atoms with Gasteiger partial charge in [0.2, 0.25) is 5.43 Å². The molecule has 1 aliphatic rings. The summed E-state index contributed by atoms with van der Waals surface area (Å²) in [5, 5.41) is 3.09. The Morgan fingerprint density at radius 2 is 2.04 bits per heavy atom. The molecule has 7 heteroatoms. The van der Waals surface area contributed by atoms with Crippen molar-refractivity contribution in [3.8, 4) is 0 Å². The molecule has 2 aromatic rings. The zero-order valence-corrected chi connectivity index (χ0v) is 14.3. The van der Waals surface area contributed by atoms with E-state index in [2.05, 4.69) is 0 Å². The third kappa shape index (κ3) is 3.28. The van der Waals surface area contributed by atoms with Gasteiger partial charge in [0.15, 0.2) is 0 Å². The van der Waals surface area contributed by atoms with E-state index in [-0.39, 0.29) is 11.5 Å². The number of benzene rings is 1. The van der Waals surface area contributed by atoms with E-state index in [0.29, 0.717) is 48.9 Å². The van der Waals surface area contributed by atoms with Crippen LogP contribution in [0.25, 0.3) is 10.1 Å². The van der Waals surface area contributed by atoms with Gasteiger partial charge in [0, 0.05) is 46.7 Å². The fourth-order valence-corrected chi connectivity index (χ4v) is 3.75. The van der Waals surface area contributed by atoms with Crippen molar-refractivity contribution in [2.75, 3.05) is 37.7 Å². The lowest BCUT2D eigenvalue weighted by molar-refractivity contribution is 0.105. The van der Waals surface area contributed by atoms with Crippen molar-refractivity contribution in [1.82, 2.24) is 4.90 Å². The molecule has 0 atom stereocenters. The van der Waals surface area contributed by atoms with Gasteiger partial charge in [0.05, 0.1) is 12.3 Å². The summed E-state index contributed by atoms with van der Waals surface area (Å²) in [6.07, 6.45) is -0.289. The summed E-state index contributed by atoms with van der Waals surface area (Å²) in [7, 11) is 0. The molecule has 122 valence electrons. The van der Waals surface area contributed by atoms with Gasteiger partial charge in [0.1, 0.15) is 0 Å². The molecule has 0 spiro atoms. The average molecular weight is 353 g/mol. The first-order valence-electron chi connectivity index (χ1n) is 7.48. The number of nitrogens with zero attached hydrogens (tertiary/aromatic N) is 2. The first-order chi connectivity index (χ1) is 11.1. The molecule has 0 radical (unpaired) electrons. The number of ether oxygens (including phenoxy) is 1. The molecule has 0 unspecified atom stereocenters. The first-order valence-corrected chi connectivity index (χ1v) is 8.73. The largest absolute Gasteiger partial charge is 0.450 e. The van der Waals surface area contributed by atoms with Gasteiger partial charge in [-0.3, -0.25) is 4.79 Å². The molecule has 0 N–H and O–H groups in total. The van der Waals surface area contributed by atoms with E-state index in [0.717, 1.165) is 4.70 Å². The Morgan fingerprint density at radius 1 is 1.30 bits per heavy atom. The lowest BCUT2D eigenvalue weighted by atomic mass is 10.2. The number of hydrogen-bond acceptors (Lipinski definition) is 5. The van der Waals surface area contributed by atoms with Gasteiger partial charge in [0.25, 0.3) is 0 Å². The summed E-state index contributed by atoms with van der Waals surface area (Å²) in [6.45, 7) is 4.50. The van der Waals surface area contributed by atoms with Crippen LogP contribution in [0.15, 0.2) is 28.4 Å². The molecule has 1 fully saturated rings. The minimum Gasteiger partial charge on any atom is -0.450 e. The first kappa shape index (κ1) is 16.1. The SMILES string of the molecule is CCOC(=O)N1CCN(c2csc3ccc(Cl)cc3c2=O)CC1. The molecule has 1 aromatic heterocycles. The maximum absolute atomic E-state index is 12.7. The quantitative estimate of drug-likeness (QED) is 0.832. The molecular weight excluding hydrogens is 336 g/mol. The van der Waals surface area contributed by atoms with Gasteiger partial charge < -0.3 is 14.5 Å². The fraction of sp³-hybridized carbons (Fsp3) is 0.375. The number of carbonyl (C=O) groups excluding carboxylic acids is 1. The predicted molar refractivity (Wildman–Crippen MR) is 93.9 cm³/mol. The van der Waals surface area contributed by atoms with Crippen LogP contribution in [0, 0.1) is 0 Å². The number of piperazine rings is 1. The summed E-state index contributed by atoms with van der Waals surface area (Å²) in [6, 6.07) is 5.37. The normalized spacial score (nSPS) is 15.0. The number of amides is 1. The molecule has 1 saturated heterocycles. The highest BCUT2D eigenvalue weighted by Crippen LogP contribution is 2.24. The highest BCUT2D eigenvalue weighted by molar-refractivity contribution is 7.16. The van der Waals surface area contributed by atoms with Gasteiger partial charge in [-0.15, -0.1) is 11.3 Å². The monoisotopic (exact) mass is 352 g/mol. The van der Waals surface area contributed by atoms with E-state index in [1.165, 1.54) is 11.3 Å². The Hall–Kier alpha value is -1.79. The number of halogens is 1. The van der Waals surface area contributed by atoms with E-state index in [1.54, 1.807) is 24.0 Å². The Labute approximate surface area is 143 Å². The molecule has 3 rings (SSSR count). The van der Waals surface area contributed by atoms with Gasteiger partial charge in [-0.05, 0) is 25.1 Å². The lowest BCUT2D eigenvalue weighted by Crippen LogP contribution is -2.49. The number of hydrogen-bond donors (Lipinski definition) is 0. The van der Waals surface area contributed by atoms with Crippen molar-refractivity contribution in [2.24, 2.45) is 0 Å². The van der Waals surface area contributed by atoms with Crippen molar-refractivity contribution < 1.29 is 9.53 Å². The molecular formula is C16H17ClN2O3S. The number of fused-ring (bicyclic) bond motifs is 1. The summed E-state index contributed by atoms with van der Waals surface area (Å²) >= 11 is 7.54. The second-order valence-electron chi connectivity index (χ2n) is 5.26. The molecule has 1 aromatic carbocycles. The summed E-state index contributed by atoms with van der Waals surface area (Å²) in [5.41, 5.74) is 0.666. The van der Waals surface area contributed by atoms with Crippen LogP contribution >= 0.6 is 22.9 Å². The Kier molecular flexibility index (Phi) is 4.73. The van der Waals surface area contributed by atoms with Crippen molar-refractivity contribution in [3.05, 3.63) is 38.8 Å². The van der Waals surface area contributed by atoms with E-state index >= 15 is 0 Å². The van der Waals surface area contributed by atoms with Crippen LogP contribution in [0.3, 0.4) is 0 Å². The van der Waals surface area contributed by atoms with E-state index in [9.17, 15) is 9.59 Å². The standard InChI is InChI=1S/C16H17ClN2O3S/c1-2-22-16(21)19-7-5-18(6-8-19)13-10-23-14-4-3-11(17)9-12(14)15(13)20/h3-4,9-10H,2,5-8H2,1H3. The second-order valence-corrected chi connectivity index (χ2v) is 6.61. The zero-order valence-electron chi connectivity index (χ0n) is 12.8. The maximum atomic E-state index is 12.7. The van der Waals surface area contributed by atoms with Crippen molar-refractivity contribution >= 4 is 44.8 Å². The Balaban J connectivity index is 1.81. The molecule has 23 heavy (non-hydrogen) atoms. The topological polar surface area (TPSA) is 49.9 Å². The van der Waals surface area contributed by atoms with Crippen LogP contribution in [0.5, 0.6) is 0 Å². The summed E-state index contributed by atoms with van der Waals surface area (Å²) < 4.78 is 5.94. The van der Waals surface area contributed by atoms with E-state index in [4.69, 9.17) is 16.3 Å². The minimum atomic E-state index is -0.289. The third-order valence-corrected chi connectivity index (χ3v) is 5.05. The molecule has 0 saturated carbocycles. The van der Waals surface area contributed by atoms with E-state index < -0.39 is 0 Å². The van der Waals surface area contributed by atoms with Crippen LogP contribution < -0.4 is 10.3 Å². The van der Waals surface area contributed by atoms with Crippen LogP contribution in [-0.2, 0) is 4.74 Å². The van der Waals surface area contributed by atoms with Crippen molar-refractivity contribution in [3.63, 3.8) is 0 Å². The average Bonchev–Trinajstić information content (AvgIpc) is 2.56. The van der Waals surface area contributed by atoms with Crippen LogP contribution in [0.2, 0.25) is 5.02 Å². The number of carbonyl (C=O) groups is 1. The van der Waals surface area contributed by atoms with Crippen molar-refractivity contribution in [1.29, 1.82) is 0 Å². The predicted octanol–water partition coefficient (Wildman–Crippen LogP) is 3.19. The summed E-state index contributed by atoms with van der Waals surface area (Å²) in [4.78, 5) is 28.1. The van der Waals surface area contributed by atoms with Crippen LogP contribution in [0.4, 0.5) is 10.5 Å². The fourth-order valence-electron chi connectivity index (χ4n) is 2.66. The third-order valence-electron chi connectivity index (χ3n) is 3.86. The highest BCUT2D eigenvalue weighted by atomic mass is 35.5. The number of rotatable bonds is 2. The van der Waals surface area contributed by atoms with Crippen LogP contribution in [0.1, 0.15) is 6.92 Å². The molecule has 1 amide bonds. The van der Waals surface area contributed by atoms with Crippen molar-refractivity contribution in [2.45, 2.75) is 6.92 Å². The summed E-state index contributed by atoms with van der Waals surface area (Å²) in [5.74, 6) is 0. The Bertz CT molecular complexity index is 784. The maximum Gasteiger partial charge on any atom is 0.409 e. The van der Waals surface area contributed by atoms with Gasteiger partial charge in [-0.2, -0.15) is 0 Å². The van der Waals surface area contributed by atoms with E-state index in [1.807, 2.05) is 16.3 Å². The number of anilines is 1. The molecule has 0 bridgehead atoms. The second kappa shape index (κ2) is 6.76. The van der Waals surface area contributed by atoms with Gasteiger partial charge in [-0.25, -0.2) is 4.79 Å². The molecule has 5 nitrogen and oxygen atoms in total. The Morgan fingerprint density at radius 3 is 2.74 bits per heavy atom. The van der Waals surface area contributed by atoms with Gasteiger partial charge >= 0.3 is 6.09 Å². The minimum absolute atomic E-state index is 0.00849. The molecule has 0 aliphatic carbocycles. The molecule has 2 heterocycles. The molecule has 1 aliphatic heterocycles. The highest BCUT2D eigenvalue weighted by Gasteiger charge is 2.23. The zero-order chi connectivity index (χ0) is 16.4. The smallest absolute Gasteiger partial charge is 0.409 e. The lowest BCUT2D eigenvalue weighted by Gasteiger charge is -2.35. The van der Waals surface area contributed by atoms with Gasteiger partial charge in [-0.1, -0.05) is 11.6 Å². The van der Waals surface area contributed by atoms with Crippen LogP contribution in [-0.4, -0.2) is 43.8 Å².